The van der Waals surface area contributed by atoms with Gasteiger partial charge in [0, 0.05) is 6.20 Å². The number of hydrogen-bond acceptors (Lipinski definition) is 3. The summed E-state index contributed by atoms with van der Waals surface area (Å²) >= 11 is 17.7. The first kappa shape index (κ1) is 15.8. The van der Waals surface area contributed by atoms with E-state index < -0.39 is 11.4 Å². The Hall–Kier alpha value is -0.550. The summed E-state index contributed by atoms with van der Waals surface area (Å²) in [4.78, 5) is 16.2. The van der Waals surface area contributed by atoms with Crippen molar-refractivity contribution < 1.29 is 9.90 Å². The van der Waals surface area contributed by atoms with Gasteiger partial charge in [-0.05, 0) is 12.8 Å². The Morgan fingerprint density at radius 2 is 1.90 bits per heavy atom. The number of aliphatic hydroxyl groups excluding tert-OH is 1. The van der Waals surface area contributed by atoms with E-state index in [0.717, 1.165) is 32.1 Å². The number of pyridine rings is 1. The number of carbonyl (C=O) groups excluding carboxylic acids is 1. The van der Waals surface area contributed by atoms with E-state index in [0.29, 0.717) is 0 Å². The number of nitrogens with one attached hydrogen (secondary N) is 1. The molecule has 4 nitrogen and oxygen atoms in total. The fourth-order valence-electron chi connectivity index (χ4n) is 2.45. The molecule has 0 aliphatic heterocycles. The van der Waals surface area contributed by atoms with E-state index in [9.17, 15) is 9.90 Å². The molecule has 0 atom stereocenters. The van der Waals surface area contributed by atoms with E-state index in [1.54, 1.807) is 0 Å². The van der Waals surface area contributed by atoms with Crippen LogP contribution in [0.3, 0.4) is 0 Å². The van der Waals surface area contributed by atoms with Gasteiger partial charge in [0.15, 0.2) is 0 Å². The van der Waals surface area contributed by atoms with Crippen LogP contribution in [0.2, 0.25) is 15.1 Å². The summed E-state index contributed by atoms with van der Waals surface area (Å²) in [5, 5.41) is 12.8. The zero-order valence-corrected chi connectivity index (χ0v) is 13.0. The van der Waals surface area contributed by atoms with Gasteiger partial charge in [-0.1, -0.05) is 54.1 Å². The third-order valence-electron chi connectivity index (χ3n) is 3.62. The van der Waals surface area contributed by atoms with Crippen molar-refractivity contribution in [2.45, 2.75) is 37.6 Å². The predicted octanol–water partition coefficient (Wildman–Crippen LogP) is 3.47. The maximum absolute atomic E-state index is 12.3. The lowest BCUT2D eigenvalue weighted by molar-refractivity contribution is 0.0754. The van der Waals surface area contributed by atoms with Gasteiger partial charge in [0.25, 0.3) is 5.91 Å². The van der Waals surface area contributed by atoms with Crippen LogP contribution in [0.4, 0.5) is 0 Å². The Labute approximate surface area is 132 Å². The van der Waals surface area contributed by atoms with Gasteiger partial charge in [-0.25, -0.2) is 4.98 Å². The molecule has 1 heterocycles. The molecular formula is C13H15Cl3N2O2. The summed E-state index contributed by atoms with van der Waals surface area (Å²) in [7, 11) is 0. The molecule has 0 bridgehead atoms. The Kier molecular flexibility index (Phi) is 5.13. The van der Waals surface area contributed by atoms with E-state index in [4.69, 9.17) is 34.8 Å². The maximum atomic E-state index is 12.3. The monoisotopic (exact) mass is 336 g/mol. The lowest BCUT2D eigenvalue weighted by Crippen LogP contribution is -2.52. The number of carbonyl (C=O) groups is 1. The number of amides is 1. The zero-order valence-electron chi connectivity index (χ0n) is 10.8. The van der Waals surface area contributed by atoms with Crippen molar-refractivity contribution in [3.8, 4) is 0 Å². The van der Waals surface area contributed by atoms with Crippen molar-refractivity contribution in [3.63, 3.8) is 0 Å². The van der Waals surface area contributed by atoms with Crippen LogP contribution in [0.5, 0.6) is 0 Å². The average Bonchev–Trinajstić information content (AvgIpc) is 2.45. The van der Waals surface area contributed by atoms with Crippen molar-refractivity contribution in [1.29, 1.82) is 0 Å². The fourth-order valence-corrected chi connectivity index (χ4v) is 3.02. The SMILES string of the molecule is O=C(NC1(CO)CCCCC1)c1ncc(Cl)c(Cl)c1Cl. The van der Waals surface area contributed by atoms with Crippen LogP contribution < -0.4 is 5.32 Å². The summed E-state index contributed by atoms with van der Waals surface area (Å²) in [6, 6.07) is 0. The molecular weight excluding hydrogens is 323 g/mol. The Bertz CT molecular complexity index is 517. The molecule has 2 rings (SSSR count). The number of aliphatic hydroxyl groups is 1. The molecule has 110 valence electrons. The quantitative estimate of drug-likeness (QED) is 0.888. The Morgan fingerprint density at radius 1 is 1.25 bits per heavy atom. The van der Waals surface area contributed by atoms with Crippen LogP contribution in [0.15, 0.2) is 6.20 Å². The van der Waals surface area contributed by atoms with Crippen molar-refractivity contribution in [2.75, 3.05) is 6.61 Å². The summed E-state index contributed by atoms with van der Waals surface area (Å²) in [5.41, 5.74) is -0.564. The van der Waals surface area contributed by atoms with Gasteiger partial charge >= 0.3 is 0 Å². The largest absolute Gasteiger partial charge is 0.394 e. The van der Waals surface area contributed by atoms with E-state index in [-0.39, 0.29) is 27.4 Å². The van der Waals surface area contributed by atoms with Crippen molar-refractivity contribution in [1.82, 2.24) is 10.3 Å². The molecule has 0 spiro atoms. The summed E-state index contributed by atoms with van der Waals surface area (Å²) in [6.45, 7) is -0.0995. The molecule has 20 heavy (non-hydrogen) atoms. The second kappa shape index (κ2) is 6.48. The minimum atomic E-state index is -0.591. The van der Waals surface area contributed by atoms with E-state index in [2.05, 4.69) is 10.3 Å². The Morgan fingerprint density at radius 3 is 2.50 bits per heavy atom. The van der Waals surface area contributed by atoms with Crippen LogP contribution in [0.1, 0.15) is 42.6 Å². The molecule has 0 saturated heterocycles. The molecule has 1 fully saturated rings. The molecule has 1 aliphatic rings. The van der Waals surface area contributed by atoms with Gasteiger partial charge in [0.1, 0.15) is 5.69 Å². The average molecular weight is 338 g/mol. The lowest BCUT2D eigenvalue weighted by atomic mass is 9.82. The molecule has 0 radical (unpaired) electrons. The first-order chi connectivity index (χ1) is 9.49. The van der Waals surface area contributed by atoms with Gasteiger partial charge in [0.2, 0.25) is 0 Å². The second-order valence-corrected chi connectivity index (χ2v) is 6.20. The Balaban J connectivity index is 2.21. The molecule has 2 N–H and O–H groups in total. The molecule has 0 unspecified atom stereocenters. The van der Waals surface area contributed by atoms with Crippen LogP contribution in [0.25, 0.3) is 0 Å². The third-order valence-corrected chi connectivity index (χ3v) is 4.86. The highest BCUT2D eigenvalue weighted by Crippen LogP contribution is 2.32. The summed E-state index contributed by atoms with van der Waals surface area (Å²) in [6.07, 6.45) is 5.84. The van der Waals surface area contributed by atoms with Gasteiger partial charge in [-0.15, -0.1) is 0 Å². The second-order valence-electron chi connectivity index (χ2n) is 5.04. The molecule has 1 aromatic rings. The molecule has 1 amide bonds. The van der Waals surface area contributed by atoms with Gasteiger partial charge in [-0.2, -0.15) is 0 Å². The van der Waals surface area contributed by atoms with Crippen LogP contribution in [0, 0.1) is 0 Å². The van der Waals surface area contributed by atoms with E-state index >= 15 is 0 Å². The number of hydrogen-bond donors (Lipinski definition) is 2. The lowest BCUT2D eigenvalue weighted by Gasteiger charge is -2.36. The normalized spacial score (nSPS) is 17.8. The number of rotatable bonds is 3. The maximum Gasteiger partial charge on any atom is 0.271 e. The number of halogens is 3. The first-order valence-corrected chi connectivity index (χ1v) is 7.55. The predicted molar refractivity (Wildman–Crippen MR) is 79.6 cm³/mol. The standard InChI is InChI=1S/C13H15Cl3N2O2/c14-8-6-17-11(10(16)9(8)15)12(20)18-13(7-19)4-2-1-3-5-13/h6,19H,1-5,7H2,(H,18,20). The van der Waals surface area contributed by atoms with E-state index in [1.165, 1.54) is 6.20 Å². The van der Waals surface area contributed by atoms with Crippen molar-refractivity contribution in [3.05, 3.63) is 27.0 Å². The van der Waals surface area contributed by atoms with Crippen LogP contribution >= 0.6 is 34.8 Å². The van der Waals surface area contributed by atoms with Gasteiger partial charge in [0.05, 0.1) is 27.2 Å². The van der Waals surface area contributed by atoms with Crippen molar-refractivity contribution in [2.24, 2.45) is 0 Å². The number of aromatic nitrogens is 1. The highest BCUT2D eigenvalue weighted by molar-refractivity contribution is 6.48. The fraction of sp³-hybridized carbons (Fsp3) is 0.538. The van der Waals surface area contributed by atoms with Gasteiger partial charge in [-0.3, -0.25) is 4.79 Å². The highest BCUT2D eigenvalue weighted by Gasteiger charge is 2.34. The van der Waals surface area contributed by atoms with Crippen LogP contribution in [-0.4, -0.2) is 28.1 Å². The summed E-state index contributed by atoms with van der Waals surface area (Å²) < 4.78 is 0. The smallest absolute Gasteiger partial charge is 0.271 e. The number of nitrogens with zero attached hydrogens (tertiary/aromatic N) is 1. The zero-order chi connectivity index (χ0) is 14.8. The van der Waals surface area contributed by atoms with Crippen molar-refractivity contribution >= 4 is 40.7 Å². The molecule has 7 heteroatoms. The van der Waals surface area contributed by atoms with E-state index in [1.807, 2.05) is 0 Å². The molecule has 1 aromatic heterocycles. The molecule has 1 aliphatic carbocycles. The minimum absolute atomic E-state index is 0.0273. The van der Waals surface area contributed by atoms with Gasteiger partial charge < -0.3 is 10.4 Å². The summed E-state index contributed by atoms with van der Waals surface area (Å²) in [5.74, 6) is -0.440. The molecule has 0 aromatic carbocycles. The minimum Gasteiger partial charge on any atom is -0.394 e. The third kappa shape index (κ3) is 3.19. The highest BCUT2D eigenvalue weighted by atomic mass is 35.5. The van der Waals surface area contributed by atoms with Crippen LogP contribution in [-0.2, 0) is 0 Å². The first-order valence-electron chi connectivity index (χ1n) is 6.42. The topological polar surface area (TPSA) is 62.2 Å². The molecule has 1 saturated carbocycles.